The molecule has 346 valence electrons. The second-order valence-corrected chi connectivity index (χ2v) is 22.4. The third kappa shape index (κ3) is 8.41. The second-order valence-electron chi connectivity index (χ2n) is 18.6. The third-order valence-electron chi connectivity index (χ3n) is 13.8. The number of nitrogens with zero attached hydrogens (tertiary/aromatic N) is 4. The Hall–Kier alpha value is -7.20. The van der Waals surface area contributed by atoms with Gasteiger partial charge >= 0.3 is 0 Å². The van der Waals surface area contributed by atoms with E-state index in [1.807, 2.05) is 135 Å². The number of benzene rings is 5. The Bertz CT molecular complexity index is 3160. The molecule has 0 radical (unpaired) electrons. The van der Waals surface area contributed by atoms with Crippen molar-refractivity contribution in [2.75, 3.05) is 22.1 Å². The Labute approximate surface area is 393 Å². The SMILES string of the molecule is C[C@H]1[C@H]([Si](C)(C)F)[C@@H](CCn2cc(C(CO)c3ccccc3)nn2)O[C@]12C(=O)N(Cc1cccc(NC(=O)Cc3c[nH]c4ccccc34)c1)c1ccc(NC(=O)Cc3c[nH]c4ccccc34)cc12. The maximum absolute atomic E-state index is 16.9. The molecule has 68 heavy (non-hydrogen) atoms. The highest BCUT2D eigenvalue weighted by atomic mass is 28.4. The minimum atomic E-state index is -3.54. The normalized spacial score (nSPS) is 19.5. The predicted octanol–water partition coefficient (Wildman–Crippen LogP) is 9.14. The number of carbonyl (C=O) groups is 3. The van der Waals surface area contributed by atoms with Crippen LogP contribution in [0.2, 0.25) is 18.6 Å². The molecule has 5 N–H and O–H groups in total. The molecule has 1 spiro atoms. The molecule has 1 unspecified atom stereocenters. The van der Waals surface area contributed by atoms with Gasteiger partial charge in [0.2, 0.25) is 20.2 Å². The molecular weight excluding hydrogens is 876 g/mol. The van der Waals surface area contributed by atoms with E-state index in [4.69, 9.17) is 4.74 Å². The van der Waals surface area contributed by atoms with E-state index in [1.54, 1.807) is 34.9 Å². The van der Waals surface area contributed by atoms with Crippen molar-refractivity contribution in [1.29, 1.82) is 0 Å². The van der Waals surface area contributed by atoms with E-state index in [0.717, 1.165) is 44.1 Å². The summed E-state index contributed by atoms with van der Waals surface area (Å²) < 4.78 is 25.7. The fourth-order valence-electron chi connectivity index (χ4n) is 10.7. The number of aliphatic hydroxyl groups excluding tert-OH is 1. The van der Waals surface area contributed by atoms with Crippen LogP contribution in [0.25, 0.3) is 21.8 Å². The molecule has 1 fully saturated rings. The molecule has 1 saturated heterocycles. The Balaban J connectivity index is 0.942. The number of aromatic amines is 2. The quantitative estimate of drug-likeness (QED) is 0.0504. The van der Waals surface area contributed by atoms with Gasteiger partial charge in [-0.2, -0.15) is 0 Å². The lowest BCUT2D eigenvalue weighted by Gasteiger charge is -2.31. The number of aliphatic hydroxyl groups is 1. The maximum atomic E-state index is 16.9. The number of halogens is 1. The Morgan fingerprint density at radius 1 is 0.838 bits per heavy atom. The highest BCUT2D eigenvalue weighted by Gasteiger charge is 2.66. The molecule has 2 aliphatic heterocycles. The van der Waals surface area contributed by atoms with Crippen LogP contribution in [0.3, 0.4) is 0 Å². The summed E-state index contributed by atoms with van der Waals surface area (Å²) in [5.41, 5.74) is 5.99. The summed E-state index contributed by atoms with van der Waals surface area (Å²) in [6, 6.07) is 38.1. The average Bonchev–Trinajstić information content (AvgIpc) is 4.16. The van der Waals surface area contributed by atoms with Crippen LogP contribution in [0.4, 0.5) is 21.2 Å². The topological polar surface area (TPSA) is 170 Å². The van der Waals surface area contributed by atoms with Crippen LogP contribution >= 0.6 is 0 Å². The van der Waals surface area contributed by atoms with E-state index in [1.165, 1.54) is 0 Å². The van der Waals surface area contributed by atoms with Crippen LogP contribution in [0.1, 0.15) is 52.8 Å². The van der Waals surface area contributed by atoms with Crippen LogP contribution < -0.4 is 15.5 Å². The van der Waals surface area contributed by atoms with Crippen molar-refractivity contribution in [2.24, 2.45) is 5.92 Å². The minimum absolute atomic E-state index is 0.124. The lowest BCUT2D eigenvalue weighted by molar-refractivity contribution is -0.146. The van der Waals surface area contributed by atoms with Crippen molar-refractivity contribution in [2.45, 2.75) is 75.5 Å². The van der Waals surface area contributed by atoms with Crippen molar-refractivity contribution >= 4 is 65.0 Å². The van der Waals surface area contributed by atoms with Crippen LogP contribution in [0, 0.1) is 5.92 Å². The van der Waals surface area contributed by atoms with E-state index in [-0.39, 0.29) is 49.6 Å². The van der Waals surface area contributed by atoms with Gasteiger partial charge < -0.3 is 39.5 Å². The number of anilines is 3. The fraction of sp³-hybridized carbons (Fsp3) is 0.264. The van der Waals surface area contributed by atoms with Gasteiger partial charge in [-0.15, -0.1) is 5.10 Å². The minimum Gasteiger partial charge on any atom is -0.395 e. The fourth-order valence-corrected chi connectivity index (χ4v) is 13.2. The molecule has 0 bridgehead atoms. The number of nitrogens with one attached hydrogen (secondary N) is 4. The highest BCUT2D eigenvalue weighted by Crippen LogP contribution is 2.60. The zero-order valence-corrected chi connectivity index (χ0v) is 39.1. The van der Waals surface area contributed by atoms with Gasteiger partial charge in [-0.3, -0.25) is 19.1 Å². The van der Waals surface area contributed by atoms with Gasteiger partial charge in [0.1, 0.15) is 0 Å². The monoisotopic (exact) mass is 928 g/mol. The summed E-state index contributed by atoms with van der Waals surface area (Å²) in [6.07, 6.45) is 5.48. The first-order valence-corrected chi connectivity index (χ1v) is 26.0. The van der Waals surface area contributed by atoms with Gasteiger partial charge in [-0.1, -0.05) is 91.0 Å². The number of fused-ring (bicyclic) bond motifs is 4. The van der Waals surface area contributed by atoms with Crippen LogP contribution in [-0.4, -0.2) is 68.9 Å². The Morgan fingerprint density at radius 2 is 1.47 bits per heavy atom. The van der Waals surface area contributed by atoms with Crippen LogP contribution in [0.15, 0.2) is 140 Å². The lowest BCUT2D eigenvalue weighted by atomic mass is 9.82. The first-order valence-electron chi connectivity index (χ1n) is 23.1. The molecular formula is C53H53FN8O5Si. The van der Waals surface area contributed by atoms with Crippen LogP contribution in [-0.2, 0) is 50.7 Å². The number of aryl methyl sites for hydroxylation is 1. The van der Waals surface area contributed by atoms with Gasteiger partial charge in [0.05, 0.1) is 49.4 Å². The third-order valence-corrected chi connectivity index (χ3v) is 16.2. The van der Waals surface area contributed by atoms with Gasteiger partial charge in [0.25, 0.3) is 5.91 Å². The second kappa shape index (κ2) is 18.1. The highest BCUT2D eigenvalue weighted by molar-refractivity contribution is 6.72. The van der Waals surface area contributed by atoms with Crippen LogP contribution in [0.5, 0.6) is 0 Å². The van der Waals surface area contributed by atoms with E-state index in [2.05, 4.69) is 30.9 Å². The first-order chi connectivity index (χ1) is 32.9. The summed E-state index contributed by atoms with van der Waals surface area (Å²) in [7, 11) is -3.54. The largest absolute Gasteiger partial charge is 0.395 e. The summed E-state index contributed by atoms with van der Waals surface area (Å²) in [5.74, 6) is -1.68. The maximum Gasteiger partial charge on any atom is 0.264 e. The number of aromatic nitrogens is 5. The first kappa shape index (κ1) is 44.6. The number of amides is 3. The molecule has 2 aliphatic rings. The van der Waals surface area contributed by atoms with Gasteiger partial charge in [-0.25, -0.2) is 0 Å². The molecule has 3 aromatic heterocycles. The van der Waals surface area contributed by atoms with Gasteiger partial charge in [0, 0.05) is 75.3 Å². The standard InChI is InChI=1S/C53H53FN8O5Si/c1-33-51(68(2,3)54)48(22-23-61-31-46(59-60-61)42(32-63)35-13-5-4-6-14-35)67-53(33)43-27-39(58-50(65)26-37-29-56-45-19-10-8-17-41(37)45)20-21-47(43)62(52(53)66)30-34-12-11-15-38(24-34)57-49(64)25-36-28-55-44-18-9-7-16-40(36)44/h4-21,24,27-29,31,33,42,48,51,55-56,63H,22-23,25-26,30,32H2,1-3H3,(H,57,64)(H,58,65)/t33-,42?,48+,51-,53+/m0/s1. The summed E-state index contributed by atoms with van der Waals surface area (Å²) in [5, 5.41) is 27.2. The smallest absolute Gasteiger partial charge is 0.264 e. The Kier molecular flexibility index (Phi) is 11.9. The number of hydrogen-bond donors (Lipinski definition) is 5. The average molecular weight is 929 g/mol. The van der Waals surface area contributed by atoms with E-state index < -0.39 is 31.6 Å². The molecule has 15 heteroatoms. The van der Waals surface area contributed by atoms with Gasteiger partial charge in [0.15, 0.2) is 5.60 Å². The van der Waals surface area contributed by atoms with Crippen molar-refractivity contribution in [1.82, 2.24) is 25.0 Å². The molecule has 10 rings (SSSR count). The summed E-state index contributed by atoms with van der Waals surface area (Å²) in [4.78, 5) is 50.6. The van der Waals surface area contributed by atoms with E-state index in [0.29, 0.717) is 41.3 Å². The molecule has 5 heterocycles. The molecule has 0 aliphatic carbocycles. The van der Waals surface area contributed by atoms with Crippen molar-refractivity contribution in [3.05, 3.63) is 173 Å². The number of rotatable bonds is 15. The zero-order valence-electron chi connectivity index (χ0n) is 38.1. The summed E-state index contributed by atoms with van der Waals surface area (Å²) in [6.45, 7) is 5.58. The molecule has 5 aromatic carbocycles. The van der Waals surface area contributed by atoms with E-state index in [9.17, 15) is 14.7 Å². The predicted molar refractivity (Wildman–Crippen MR) is 263 cm³/mol. The molecule has 13 nitrogen and oxygen atoms in total. The molecule has 3 amide bonds. The zero-order chi connectivity index (χ0) is 47.2. The number of ether oxygens (including phenoxy) is 1. The lowest BCUT2D eigenvalue weighted by Crippen LogP contribution is -2.45. The van der Waals surface area contributed by atoms with Crippen molar-refractivity contribution < 1.29 is 28.3 Å². The van der Waals surface area contributed by atoms with Gasteiger partial charge in [-0.05, 0) is 84.2 Å². The Morgan fingerprint density at radius 3 is 2.12 bits per heavy atom. The van der Waals surface area contributed by atoms with E-state index >= 15 is 8.90 Å². The van der Waals surface area contributed by atoms with Crippen molar-refractivity contribution in [3.8, 4) is 0 Å². The number of carbonyl (C=O) groups excluding carboxylic acids is 3. The number of para-hydroxylation sites is 2. The molecule has 0 saturated carbocycles. The molecule has 5 atom stereocenters. The summed E-state index contributed by atoms with van der Waals surface area (Å²) >= 11 is 0. The number of hydrogen-bond acceptors (Lipinski definition) is 7. The van der Waals surface area contributed by atoms with Crippen molar-refractivity contribution in [3.63, 3.8) is 0 Å². The molecule has 8 aromatic rings. The number of H-pyrrole nitrogens is 2.